The van der Waals surface area contributed by atoms with E-state index in [1.165, 1.54) is 0 Å². The fourth-order valence-corrected chi connectivity index (χ4v) is 4.10. The molecule has 5 nitrogen and oxygen atoms in total. The van der Waals surface area contributed by atoms with Crippen molar-refractivity contribution in [3.8, 4) is 0 Å². The van der Waals surface area contributed by atoms with Crippen LogP contribution in [0.25, 0.3) is 0 Å². The van der Waals surface area contributed by atoms with Crippen molar-refractivity contribution < 1.29 is 8.42 Å². The Hall–Kier alpha value is -0.630. The summed E-state index contributed by atoms with van der Waals surface area (Å²) in [6.45, 7) is 5.03. The van der Waals surface area contributed by atoms with Crippen molar-refractivity contribution in [3.63, 3.8) is 0 Å². The van der Waals surface area contributed by atoms with Gasteiger partial charge in [-0.05, 0) is 56.1 Å². The molecule has 2 N–H and O–H groups in total. The molecule has 0 bridgehead atoms. The molecule has 1 aromatic carbocycles. The quantitative estimate of drug-likeness (QED) is 0.802. The van der Waals surface area contributed by atoms with E-state index in [0.29, 0.717) is 24.7 Å². The molecular weight excluding hydrogens is 354 g/mol. The molecule has 118 valence electrons. The SMILES string of the molecule is CCNCC1CCCN(S(=O)(=O)Nc2ccc(Br)cc2)C1. The molecule has 1 aliphatic rings. The predicted octanol–water partition coefficient (Wildman–Crippen LogP) is 2.43. The normalized spacial score (nSPS) is 20.4. The first-order chi connectivity index (χ1) is 10.0. The second-order valence-electron chi connectivity index (χ2n) is 5.29. The van der Waals surface area contributed by atoms with Crippen LogP contribution in [0.3, 0.4) is 0 Å². The van der Waals surface area contributed by atoms with Crippen LogP contribution in [0.1, 0.15) is 19.8 Å². The van der Waals surface area contributed by atoms with Crippen LogP contribution in [0.2, 0.25) is 0 Å². The summed E-state index contributed by atoms with van der Waals surface area (Å²) in [6.07, 6.45) is 1.99. The van der Waals surface area contributed by atoms with E-state index in [1.807, 2.05) is 12.1 Å². The zero-order valence-corrected chi connectivity index (χ0v) is 14.6. The number of rotatable bonds is 6. The van der Waals surface area contributed by atoms with Gasteiger partial charge >= 0.3 is 10.2 Å². The highest BCUT2D eigenvalue weighted by atomic mass is 79.9. The standard InChI is InChI=1S/C14H22BrN3O2S/c1-2-16-10-12-4-3-9-18(11-12)21(19,20)17-14-7-5-13(15)6-8-14/h5-8,12,16-17H,2-4,9-11H2,1H3. The van der Waals surface area contributed by atoms with Gasteiger partial charge in [-0.2, -0.15) is 12.7 Å². The van der Waals surface area contributed by atoms with Crippen LogP contribution in [-0.4, -0.2) is 38.9 Å². The lowest BCUT2D eigenvalue weighted by Crippen LogP contribution is -2.45. The highest BCUT2D eigenvalue weighted by Gasteiger charge is 2.28. The van der Waals surface area contributed by atoms with Crippen molar-refractivity contribution in [3.05, 3.63) is 28.7 Å². The van der Waals surface area contributed by atoms with E-state index in [1.54, 1.807) is 16.4 Å². The summed E-state index contributed by atoms with van der Waals surface area (Å²) in [5.41, 5.74) is 0.590. The van der Waals surface area contributed by atoms with Crippen molar-refractivity contribution in [1.82, 2.24) is 9.62 Å². The molecule has 0 radical (unpaired) electrons. The van der Waals surface area contributed by atoms with E-state index in [4.69, 9.17) is 0 Å². The van der Waals surface area contributed by atoms with Gasteiger partial charge in [-0.1, -0.05) is 22.9 Å². The fourth-order valence-electron chi connectivity index (χ4n) is 2.49. The van der Waals surface area contributed by atoms with Crippen LogP contribution in [0, 0.1) is 5.92 Å². The molecule has 0 aliphatic carbocycles. The van der Waals surface area contributed by atoms with Crippen LogP contribution in [-0.2, 0) is 10.2 Å². The summed E-state index contributed by atoms with van der Waals surface area (Å²) in [6, 6.07) is 7.15. The van der Waals surface area contributed by atoms with Gasteiger partial charge in [0.25, 0.3) is 0 Å². The minimum atomic E-state index is -3.47. The smallest absolute Gasteiger partial charge is 0.301 e. The van der Waals surface area contributed by atoms with Crippen LogP contribution in [0.15, 0.2) is 28.7 Å². The fraction of sp³-hybridized carbons (Fsp3) is 0.571. The largest absolute Gasteiger partial charge is 0.317 e. The Bertz CT molecular complexity index is 548. The zero-order valence-electron chi connectivity index (χ0n) is 12.2. The first-order valence-corrected chi connectivity index (χ1v) is 9.48. The average Bonchev–Trinajstić information content (AvgIpc) is 2.48. The molecular formula is C14H22BrN3O2S. The Morgan fingerprint density at radius 3 is 2.71 bits per heavy atom. The topological polar surface area (TPSA) is 61.4 Å². The third-order valence-electron chi connectivity index (χ3n) is 3.60. The van der Waals surface area contributed by atoms with Gasteiger partial charge in [-0.15, -0.1) is 0 Å². The lowest BCUT2D eigenvalue weighted by atomic mass is 10.00. The van der Waals surface area contributed by atoms with Crippen molar-refractivity contribution in [1.29, 1.82) is 0 Å². The number of hydrogen-bond donors (Lipinski definition) is 2. The minimum absolute atomic E-state index is 0.389. The number of hydrogen-bond acceptors (Lipinski definition) is 3. The molecule has 1 aliphatic heterocycles. The molecule has 0 spiro atoms. The Balaban J connectivity index is 1.99. The van der Waals surface area contributed by atoms with Crippen molar-refractivity contribution >= 4 is 31.8 Å². The maximum Gasteiger partial charge on any atom is 0.301 e. The van der Waals surface area contributed by atoms with Gasteiger partial charge in [0.1, 0.15) is 0 Å². The van der Waals surface area contributed by atoms with Gasteiger partial charge in [-0.3, -0.25) is 4.72 Å². The average molecular weight is 376 g/mol. The molecule has 2 rings (SSSR count). The summed E-state index contributed by atoms with van der Waals surface area (Å²) in [5, 5.41) is 3.30. The van der Waals surface area contributed by atoms with Gasteiger partial charge in [0.05, 0.1) is 0 Å². The van der Waals surface area contributed by atoms with E-state index in [0.717, 1.165) is 30.4 Å². The molecule has 1 fully saturated rings. The van der Waals surface area contributed by atoms with Crippen molar-refractivity contribution in [2.75, 3.05) is 30.9 Å². The molecule has 1 atom stereocenters. The molecule has 1 saturated heterocycles. The number of piperidine rings is 1. The van der Waals surface area contributed by atoms with Gasteiger partial charge in [-0.25, -0.2) is 0 Å². The van der Waals surface area contributed by atoms with Gasteiger partial charge in [0.2, 0.25) is 0 Å². The molecule has 0 saturated carbocycles. The molecule has 1 heterocycles. The van der Waals surface area contributed by atoms with E-state index in [9.17, 15) is 8.42 Å². The lowest BCUT2D eigenvalue weighted by molar-refractivity contribution is 0.262. The minimum Gasteiger partial charge on any atom is -0.317 e. The van der Waals surface area contributed by atoms with Gasteiger partial charge in [0, 0.05) is 23.2 Å². The van der Waals surface area contributed by atoms with E-state index in [-0.39, 0.29) is 0 Å². The summed E-state index contributed by atoms with van der Waals surface area (Å²) >= 11 is 3.34. The van der Waals surface area contributed by atoms with Crippen molar-refractivity contribution in [2.24, 2.45) is 5.92 Å². The summed E-state index contributed by atoms with van der Waals surface area (Å²) < 4.78 is 30.0. The van der Waals surface area contributed by atoms with Crippen molar-refractivity contribution in [2.45, 2.75) is 19.8 Å². The number of nitrogens with one attached hydrogen (secondary N) is 2. The Kier molecular flexibility index (Phi) is 6.04. The predicted molar refractivity (Wildman–Crippen MR) is 89.5 cm³/mol. The summed E-state index contributed by atoms with van der Waals surface area (Å²) in [7, 11) is -3.47. The maximum atomic E-state index is 12.4. The second kappa shape index (κ2) is 7.58. The van der Waals surface area contributed by atoms with Crippen LogP contribution in [0.4, 0.5) is 5.69 Å². The highest BCUT2D eigenvalue weighted by Crippen LogP contribution is 2.21. The van der Waals surface area contributed by atoms with Crippen LogP contribution < -0.4 is 10.0 Å². The molecule has 21 heavy (non-hydrogen) atoms. The van der Waals surface area contributed by atoms with Crippen LogP contribution in [0.5, 0.6) is 0 Å². The first kappa shape index (κ1) is 16.7. The van der Waals surface area contributed by atoms with E-state index >= 15 is 0 Å². The maximum absolute atomic E-state index is 12.4. The van der Waals surface area contributed by atoms with Gasteiger partial charge < -0.3 is 5.32 Å². The Morgan fingerprint density at radius 2 is 2.05 bits per heavy atom. The Morgan fingerprint density at radius 1 is 1.33 bits per heavy atom. The zero-order chi connectivity index (χ0) is 15.3. The molecule has 0 amide bonds. The highest BCUT2D eigenvalue weighted by molar-refractivity contribution is 9.10. The number of halogens is 1. The van der Waals surface area contributed by atoms with E-state index in [2.05, 4.69) is 32.9 Å². The molecule has 1 unspecified atom stereocenters. The monoisotopic (exact) mass is 375 g/mol. The molecule has 1 aromatic rings. The number of nitrogens with zero attached hydrogens (tertiary/aromatic N) is 1. The third kappa shape index (κ3) is 4.95. The first-order valence-electron chi connectivity index (χ1n) is 7.25. The summed E-state index contributed by atoms with van der Waals surface area (Å²) in [4.78, 5) is 0. The number of benzene rings is 1. The van der Waals surface area contributed by atoms with Crippen LogP contribution >= 0.6 is 15.9 Å². The lowest BCUT2D eigenvalue weighted by Gasteiger charge is -2.32. The summed E-state index contributed by atoms with van der Waals surface area (Å²) in [5.74, 6) is 0.389. The van der Waals surface area contributed by atoms with Gasteiger partial charge in [0.15, 0.2) is 0 Å². The molecule has 7 heteroatoms. The number of anilines is 1. The Labute approximate surface area is 135 Å². The van der Waals surface area contributed by atoms with E-state index < -0.39 is 10.2 Å². The molecule has 0 aromatic heterocycles. The third-order valence-corrected chi connectivity index (χ3v) is 5.63. The second-order valence-corrected chi connectivity index (χ2v) is 7.87.